The fourth-order valence-electron chi connectivity index (χ4n) is 6.39. The van der Waals surface area contributed by atoms with Crippen molar-refractivity contribution in [3.63, 3.8) is 0 Å². The van der Waals surface area contributed by atoms with Gasteiger partial charge in [0.1, 0.15) is 20.3 Å². The Morgan fingerprint density at radius 1 is 0.960 bits per heavy atom. The summed E-state index contributed by atoms with van der Waals surface area (Å²) in [5.41, 5.74) is 1.91. The number of rotatable bonds is 15. The maximum absolute atomic E-state index is 13.4. The predicted octanol–water partition coefficient (Wildman–Crippen LogP) is 6.25. The fourth-order valence-corrected chi connectivity index (χ4v) is 7.22. The molecular weight excluding hydrogens is 726 g/mol. The minimum absolute atomic E-state index is 0.0311. The number of hydrogen-bond acceptors (Lipinski definition) is 8. The second-order valence-electron chi connectivity index (χ2n) is 12.9. The van der Waals surface area contributed by atoms with Crippen LogP contribution in [0.4, 0.5) is 4.79 Å². The van der Waals surface area contributed by atoms with Crippen LogP contribution in [0.2, 0.25) is 20.1 Å². The summed E-state index contributed by atoms with van der Waals surface area (Å²) < 4.78 is 5.32. The molecule has 4 rings (SSSR count). The van der Waals surface area contributed by atoms with Crippen LogP contribution in [0.1, 0.15) is 47.5 Å². The third-order valence-corrected chi connectivity index (χ3v) is 10.2. The molecule has 1 atom stereocenters. The molecule has 3 amide bonds. The molecule has 0 radical (unpaired) electrons. The first-order valence-electron chi connectivity index (χ1n) is 16.7. The number of likely N-dealkylation sites (tertiary alicyclic amines) is 1. The van der Waals surface area contributed by atoms with E-state index in [2.05, 4.69) is 10.1 Å². The molecule has 274 valence electrons. The number of halogens is 4. The highest BCUT2D eigenvalue weighted by Gasteiger charge is 2.34. The summed E-state index contributed by atoms with van der Waals surface area (Å²) in [6, 6.07) is 10.2. The van der Waals surface area contributed by atoms with Gasteiger partial charge in [-0.15, -0.1) is 0 Å². The van der Waals surface area contributed by atoms with Gasteiger partial charge in [-0.25, -0.2) is 4.79 Å². The number of carbonyl (C=O) groups is 3. The monoisotopic (exact) mass is 770 g/mol. The van der Waals surface area contributed by atoms with Crippen molar-refractivity contribution in [2.24, 2.45) is 5.16 Å². The number of urea groups is 1. The molecule has 0 aromatic heterocycles. The van der Waals surface area contributed by atoms with E-state index in [0.717, 1.165) is 44.5 Å². The number of carbonyl (C=O) groups excluding carboxylic acids is 3. The first-order valence-corrected chi connectivity index (χ1v) is 18.2. The summed E-state index contributed by atoms with van der Waals surface area (Å²) in [7, 11) is 7.00. The van der Waals surface area contributed by atoms with Crippen LogP contribution < -0.4 is 0 Å². The highest BCUT2D eigenvalue weighted by atomic mass is 35.5. The lowest BCUT2D eigenvalue weighted by molar-refractivity contribution is -0.144. The van der Waals surface area contributed by atoms with Crippen LogP contribution in [0.15, 0.2) is 41.6 Å². The Morgan fingerprint density at radius 2 is 1.66 bits per heavy atom. The molecule has 15 heteroatoms. The minimum atomic E-state index is -0.380. The lowest BCUT2D eigenvalue weighted by Crippen LogP contribution is -2.56. The Kier molecular flexibility index (Phi) is 15.3. The molecule has 2 fully saturated rings. The fraction of sp³-hybridized carbons (Fsp3) is 0.543. The number of nitrogens with zero attached hydrogens (tertiary/aromatic N) is 6. The van der Waals surface area contributed by atoms with Gasteiger partial charge in [0.15, 0.2) is 0 Å². The SMILES string of the molecule is CO/N=C(\CN(C)C(=O)c1cc(Cl)cc(Cl)c1)C(CCN1CCC(N2CCCN(CC(=O)OCCN(C)C)C2=O)CC1)c1ccc(Cl)c(Cl)c1. The van der Waals surface area contributed by atoms with Crippen molar-refractivity contribution >= 4 is 70.0 Å². The van der Waals surface area contributed by atoms with Crippen LogP contribution in [-0.4, -0.2) is 141 Å². The van der Waals surface area contributed by atoms with Gasteiger partial charge in [-0.1, -0.05) is 57.6 Å². The maximum atomic E-state index is 13.4. The first-order chi connectivity index (χ1) is 23.9. The van der Waals surface area contributed by atoms with Gasteiger partial charge in [0.25, 0.3) is 5.91 Å². The molecule has 50 heavy (non-hydrogen) atoms. The van der Waals surface area contributed by atoms with Crippen LogP contribution in [0.25, 0.3) is 0 Å². The number of hydrogen-bond donors (Lipinski definition) is 0. The molecule has 0 aliphatic carbocycles. The topological polar surface area (TPSA) is 98.2 Å². The van der Waals surface area contributed by atoms with Crippen molar-refractivity contribution in [2.45, 2.75) is 37.6 Å². The number of piperidine rings is 1. The van der Waals surface area contributed by atoms with Gasteiger partial charge in [0, 0.05) is 67.3 Å². The zero-order valence-corrected chi connectivity index (χ0v) is 32.1. The van der Waals surface area contributed by atoms with Crippen molar-refractivity contribution in [1.29, 1.82) is 0 Å². The third kappa shape index (κ3) is 11.4. The lowest BCUT2D eigenvalue weighted by Gasteiger charge is -2.43. The Balaban J connectivity index is 1.39. The van der Waals surface area contributed by atoms with Crippen LogP contribution in [0.3, 0.4) is 0 Å². The standard InChI is InChI=1S/C35H46Cl4N6O5/c1-41(2)16-17-50-33(46)23-44-11-5-12-45(35(44)48)28-8-13-43(14-9-28)15-10-29(24-6-7-30(38)31(39)20-24)32(40-49-4)22-42(3)34(47)25-18-26(36)21-27(37)19-25/h6-7,18-21,28-29H,5,8-17,22-23H2,1-4H3/b40-32+. The van der Waals surface area contributed by atoms with E-state index in [-0.39, 0.29) is 43.0 Å². The van der Waals surface area contributed by atoms with Crippen molar-refractivity contribution in [3.05, 3.63) is 67.6 Å². The Morgan fingerprint density at radius 3 is 2.30 bits per heavy atom. The van der Waals surface area contributed by atoms with Gasteiger partial charge in [-0.2, -0.15) is 0 Å². The average Bonchev–Trinajstić information content (AvgIpc) is 3.06. The molecule has 0 saturated carbocycles. The quantitative estimate of drug-likeness (QED) is 0.120. The van der Waals surface area contributed by atoms with Crippen LogP contribution in [0.5, 0.6) is 0 Å². The number of benzene rings is 2. The zero-order valence-electron chi connectivity index (χ0n) is 29.0. The van der Waals surface area contributed by atoms with Crippen LogP contribution in [0, 0.1) is 0 Å². The molecule has 2 aromatic rings. The molecule has 2 heterocycles. The van der Waals surface area contributed by atoms with Crippen molar-refractivity contribution in [3.8, 4) is 0 Å². The van der Waals surface area contributed by atoms with Gasteiger partial charge in [0.05, 0.1) is 22.3 Å². The van der Waals surface area contributed by atoms with Crippen molar-refractivity contribution in [1.82, 2.24) is 24.5 Å². The second kappa shape index (κ2) is 19.2. The first kappa shape index (κ1) is 40.0. The average molecular weight is 773 g/mol. The number of likely N-dealkylation sites (N-methyl/N-ethyl adjacent to an activating group) is 1. The van der Waals surface area contributed by atoms with E-state index in [1.807, 2.05) is 36.0 Å². The van der Waals surface area contributed by atoms with Crippen LogP contribution in [-0.2, 0) is 14.4 Å². The smallest absolute Gasteiger partial charge is 0.325 e. The van der Waals surface area contributed by atoms with Gasteiger partial charge in [0.2, 0.25) is 0 Å². The molecular formula is C35H46Cl4N6O5. The van der Waals surface area contributed by atoms with Crippen LogP contribution >= 0.6 is 46.4 Å². The van der Waals surface area contributed by atoms with E-state index in [4.69, 9.17) is 56.0 Å². The lowest BCUT2D eigenvalue weighted by atomic mass is 9.89. The highest BCUT2D eigenvalue weighted by molar-refractivity contribution is 6.42. The molecule has 2 aliphatic rings. The maximum Gasteiger partial charge on any atom is 0.325 e. The summed E-state index contributed by atoms with van der Waals surface area (Å²) in [4.78, 5) is 53.8. The van der Waals surface area contributed by atoms with E-state index < -0.39 is 0 Å². The largest absolute Gasteiger partial charge is 0.463 e. The Bertz CT molecular complexity index is 1500. The van der Waals surface area contributed by atoms with Gasteiger partial charge in [-0.05, 0) is 82.2 Å². The van der Waals surface area contributed by atoms with Crippen molar-refractivity contribution in [2.75, 3.05) is 87.2 Å². The molecule has 0 spiro atoms. The number of esters is 1. The summed E-state index contributed by atoms with van der Waals surface area (Å²) in [6.07, 6.45) is 3.12. The van der Waals surface area contributed by atoms with E-state index in [9.17, 15) is 14.4 Å². The molecule has 0 bridgehead atoms. The molecule has 0 N–H and O–H groups in total. The predicted molar refractivity (Wildman–Crippen MR) is 199 cm³/mol. The summed E-state index contributed by atoms with van der Waals surface area (Å²) in [6.45, 7) is 4.66. The minimum Gasteiger partial charge on any atom is -0.463 e. The number of ether oxygens (including phenoxy) is 1. The Labute approximate surface area is 314 Å². The molecule has 11 nitrogen and oxygen atoms in total. The summed E-state index contributed by atoms with van der Waals surface area (Å²) >= 11 is 25.1. The molecule has 2 aliphatic heterocycles. The summed E-state index contributed by atoms with van der Waals surface area (Å²) in [5, 5.41) is 6.00. The van der Waals surface area contributed by atoms with Gasteiger partial charge < -0.3 is 34.1 Å². The highest BCUT2D eigenvalue weighted by Crippen LogP contribution is 2.31. The second-order valence-corrected chi connectivity index (χ2v) is 14.6. The third-order valence-electron chi connectivity index (χ3n) is 9.01. The number of amides is 3. The zero-order chi connectivity index (χ0) is 36.4. The van der Waals surface area contributed by atoms with Gasteiger partial charge >= 0.3 is 12.0 Å². The van der Waals surface area contributed by atoms with Gasteiger partial charge in [-0.3, -0.25) is 9.59 Å². The van der Waals surface area contributed by atoms with E-state index >= 15 is 0 Å². The molecule has 2 aromatic carbocycles. The normalized spacial score (nSPS) is 16.9. The molecule has 2 saturated heterocycles. The Hall–Kier alpha value is -2.80. The molecule has 1 unspecified atom stereocenters. The van der Waals surface area contributed by atoms with Crippen molar-refractivity contribution < 1.29 is 24.0 Å². The van der Waals surface area contributed by atoms with E-state index in [1.54, 1.807) is 41.1 Å². The van der Waals surface area contributed by atoms with E-state index in [0.29, 0.717) is 64.0 Å². The summed E-state index contributed by atoms with van der Waals surface area (Å²) in [5.74, 6) is -0.884. The number of oxime groups is 1. The van der Waals surface area contributed by atoms with E-state index in [1.165, 1.54) is 7.11 Å².